The van der Waals surface area contributed by atoms with Gasteiger partial charge in [-0.05, 0) is 24.6 Å². The minimum Gasteiger partial charge on any atom is -0.394 e. The molecule has 102 valence electrons. The number of benzene rings is 1. The fourth-order valence-corrected chi connectivity index (χ4v) is 1.84. The molecule has 0 fully saturated rings. The fraction of sp³-hybridized carbons (Fsp3) is 0.455. The molecule has 0 heterocycles. The van der Waals surface area contributed by atoms with Gasteiger partial charge in [-0.1, -0.05) is 17.7 Å². The quantitative estimate of drug-likeness (QED) is 0.834. The molecule has 2 nitrogen and oxygen atoms in total. The standard InChI is InChI=1S/C11H12ClF4NO/c1-10(6-18,17-5-11(14,15)16)8-3-2-7(13)4-9(8)12/h2-4,17-18H,5-6H2,1H3. The van der Waals surface area contributed by atoms with Crippen molar-refractivity contribution in [3.05, 3.63) is 34.6 Å². The molecule has 2 N–H and O–H groups in total. The van der Waals surface area contributed by atoms with Gasteiger partial charge in [0.05, 0.1) is 18.7 Å². The zero-order chi connectivity index (χ0) is 14.0. The van der Waals surface area contributed by atoms with E-state index in [4.69, 9.17) is 11.6 Å². The molecule has 0 saturated carbocycles. The third-order valence-corrected chi connectivity index (χ3v) is 2.83. The molecule has 0 aliphatic rings. The van der Waals surface area contributed by atoms with E-state index < -0.39 is 30.7 Å². The minimum atomic E-state index is -4.41. The van der Waals surface area contributed by atoms with Gasteiger partial charge in [-0.3, -0.25) is 5.32 Å². The van der Waals surface area contributed by atoms with Crippen LogP contribution in [-0.4, -0.2) is 24.4 Å². The van der Waals surface area contributed by atoms with E-state index in [0.717, 1.165) is 12.1 Å². The molecule has 1 atom stereocenters. The van der Waals surface area contributed by atoms with E-state index in [-0.39, 0.29) is 10.6 Å². The van der Waals surface area contributed by atoms with Crippen molar-refractivity contribution in [3.63, 3.8) is 0 Å². The summed E-state index contributed by atoms with van der Waals surface area (Å²) in [6.07, 6.45) is -4.41. The molecule has 0 spiro atoms. The molecule has 0 aliphatic heterocycles. The molecular weight excluding hydrogens is 274 g/mol. The summed E-state index contributed by atoms with van der Waals surface area (Å²) >= 11 is 5.77. The molecule has 0 bridgehead atoms. The van der Waals surface area contributed by atoms with Crippen molar-refractivity contribution in [1.29, 1.82) is 0 Å². The second-order valence-corrected chi connectivity index (χ2v) is 4.49. The summed E-state index contributed by atoms with van der Waals surface area (Å²) in [7, 11) is 0. The van der Waals surface area contributed by atoms with E-state index in [1.165, 1.54) is 13.0 Å². The lowest BCUT2D eigenvalue weighted by Crippen LogP contribution is -2.47. The number of halogens is 5. The van der Waals surface area contributed by atoms with Crippen LogP contribution in [0.1, 0.15) is 12.5 Å². The van der Waals surface area contributed by atoms with Crippen LogP contribution in [0.5, 0.6) is 0 Å². The maximum Gasteiger partial charge on any atom is 0.401 e. The summed E-state index contributed by atoms with van der Waals surface area (Å²) in [4.78, 5) is 0. The molecule has 1 aromatic carbocycles. The van der Waals surface area contributed by atoms with Gasteiger partial charge in [0.15, 0.2) is 0 Å². The molecule has 0 amide bonds. The van der Waals surface area contributed by atoms with E-state index in [0.29, 0.717) is 0 Å². The van der Waals surface area contributed by atoms with E-state index in [1.807, 2.05) is 0 Å². The Kier molecular flexibility index (Phi) is 4.58. The topological polar surface area (TPSA) is 32.3 Å². The Labute approximate surface area is 107 Å². The normalized spacial score (nSPS) is 15.5. The molecule has 1 rings (SSSR count). The first-order chi connectivity index (χ1) is 8.18. The lowest BCUT2D eigenvalue weighted by molar-refractivity contribution is -0.129. The highest BCUT2D eigenvalue weighted by molar-refractivity contribution is 6.31. The molecule has 18 heavy (non-hydrogen) atoms. The van der Waals surface area contributed by atoms with Crippen LogP contribution in [-0.2, 0) is 5.54 Å². The largest absolute Gasteiger partial charge is 0.401 e. The van der Waals surface area contributed by atoms with Crippen LogP contribution >= 0.6 is 11.6 Å². The predicted octanol–water partition coefficient (Wildman–Crippen LogP) is 2.84. The number of hydrogen-bond donors (Lipinski definition) is 2. The third-order valence-electron chi connectivity index (χ3n) is 2.52. The SMILES string of the molecule is CC(CO)(NCC(F)(F)F)c1ccc(F)cc1Cl. The van der Waals surface area contributed by atoms with Crippen LogP contribution in [0.15, 0.2) is 18.2 Å². The van der Waals surface area contributed by atoms with Gasteiger partial charge >= 0.3 is 6.18 Å². The first-order valence-electron chi connectivity index (χ1n) is 5.06. The van der Waals surface area contributed by atoms with Crippen molar-refractivity contribution in [1.82, 2.24) is 5.32 Å². The average molecular weight is 286 g/mol. The van der Waals surface area contributed by atoms with Crippen LogP contribution in [0.3, 0.4) is 0 Å². The van der Waals surface area contributed by atoms with E-state index in [1.54, 1.807) is 0 Å². The molecule has 7 heteroatoms. The van der Waals surface area contributed by atoms with Gasteiger partial charge in [-0.15, -0.1) is 0 Å². The fourth-order valence-electron chi connectivity index (χ4n) is 1.47. The highest BCUT2D eigenvalue weighted by Gasteiger charge is 2.34. The molecule has 1 unspecified atom stereocenters. The number of aliphatic hydroxyl groups is 1. The average Bonchev–Trinajstić information content (AvgIpc) is 2.25. The van der Waals surface area contributed by atoms with Gasteiger partial charge in [-0.25, -0.2) is 4.39 Å². The molecular formula is C11H12ClF4NO. The Morgan fingerprint density at radius 2 is 1.94 bits per heavy atom. The molecule has 0 saturated heterocycles. The van der Waals surface area contributed by atoms with Crippen molar-refractivity contribution in [3.8, 4) is 0 Å². The summed E-state index contributed by atoms with van der Waals surface area (Å²) in [5, 5.41) is 11.4. The zero-order valence-corrected chi connectivity index (χ0v) is 10.2. The summed E-state index contributed by atoms with van der Waals surface area (Å²) < 4.78 is 49.4. The van der Waals surface area contributed by atoms with Crippen molar-refractivity contribution in [2.45, 2.75) is 18.6 Å². The Bertz CT molecular complexity index is 424. The Balaban J connectivity index is 2.99. The van der Waals surface area contributed by atoms with Gasteiger partial charge in [0.25, 0.3) is 0 Å². The summed E-state index contributed by atoms with van der Waals surface area (Å²) in [5.74, 6) is -0.597. The van der Waals surface area contributed by atoms with Gasteiger partial charge in [0.1, 0.15) is 5.82 Å². The van der Waals surface area contributed by atoms with Crippen LogP contribution < -0.4 is 5.32 Å². The highest BCUT2D eigenvalue weighted by Crippen LogP contribution is 2.29. The van der Waals surface area contributed by atoms with Gasteiger partial charge in [-0.2, -0.15) is 13.2 Å². The summed E-state index contributed by atoms with van der Waals surface area (Å²) in [6, 6.07) is 3.31. The summed E-state index contributed by atoms with van der Waals surface area (Å²) in [6.45, 7) is -0.524. The van der Waals surface area contributed by atoms with Crippen LogP contribution in [0.25, 0.3) is 0 Å². The lowest BCUT2D eigenvalue weighted by Gasteiger charge is -2.30. The van der Waals surface area contributed by atoms with Crippen molar-refractivity contribution in [2.75, 3.05) is 13.2 Å². The number of aliphatic hydroxyl groups excluding tert-OH is 1. The Hall–Kier alpha value is -0.850. The zero-order valence-electron chi connectivity index (χ0n) is 9.48. The lowest BCUT2D eigenvalue weighted by atomic mass is 9.92. The maximum absolute atomic E-state index is 12.9. The Morgan fingerprint density at radius 3 is 2.39 bits per heavy atom. The van der Waals surface area contributed by atoms with Crippen LogP contribution in [0.4, 0.5) is 17.6 Å². The van der Waals surface area contributed by atoms with Crippen LogP contribution in [0, 0.1) is 5.82 Å². The first-order valence-corrected chi connectivity index (χ1v) is 5.44. The second kappa shape index (κ2) is 5.42. The van der Waals surface area contributed by atoms with Gasteiger partial charge in [0, 0.05) is 5.02 Å². The van der Waals surface area contributed by atoms with Crippen molar-refractivity contribution >= 4 is 11.6 Å². The van der Waals surface area contributed by atoms with E-state index >= 15 is 0 Å². The molecule has 1 aromatic rings. The first kappa shape index (κ1) is 15.2. The number of hydrogen-bond acceptors (Lipinski definition) is 2. The van der Waals surface area contributed by atoms with Crippen LogP contribution in [0.2, 0.25) is 5.02 Å². The predicted molar refractivity (Wildman–Crippen MR) is 59.9 cm³/mol. The molecule has 0 radical (unpaired) electrons. The number of alkyl halides is 3. The van der Waals surface area contributed by atoms with Gasteiger partial charge < -0.3 is 5.11 Å². The second-order valence-electron chi connectivity index (χ2n) is 4.08. The number of nitrogens with one attached hydrogen (secondary N) is 1. The van der Waals surface area contributed by atoms with E-state index in [2.05, 4.69) is 5.32 Å². The summed E-state index contributed by atoms with van der Waals surface area (Å²) in [5.41, 5.74) is -1.18. The minimum absolute atomic E-state index is 0.0405. The monoisotopic (exact) mass is 285 g/mol. The highest BCUT2D eigenvalue weighted by atomic mass is 35.5. The van der Waals surface area contributed by atoms with Crippen molar-refractivity contribution < 1.29 is 22.7 Å². The van der Waals surface area contributed by atoms with E-state index in [9.17, 15) is 22.7 Å². The van der Waals surface area contributed by atoms with Gasteiger partial charge in [0.2, 0.25) is 0 Å². The molecule has 0 aliphatic carbocycles. The third kappa shape index (κ3) is 3.83. The Morgan fingerprint density at radius 1 is 1.33 bits per heavy atom. The number of rotatable bonds is 4. The smallest absolute Gasteiger partial charge is 0.394 e. The maximum atomic E-state index is 12.9. The van der Waals surface area contributed by atoms with Crippen molar-refractivity contribution in [2.24, 2.45) is 0 Å². The molecule has 0 aromatic heterocycles.